The molecule has 1 N–H and O–H groups in total. The number of hydrogen-bond acceptors (Lipinski definition) is 2. The van der Waals surface area contributed by atoms with Crippen LogP contribution in [0.3, 0.4) is 0 Å². The molecule has 0 spiro atoms. The summed E-state index contributed by atoms with van der Waals surface area (Å²) in [6.07, 6.45) is 7.13. The van der Waals surface area contributed by atoms with E-state index in [4.69, 9.17) is 4.74 Å². The van der Waals surface area contributed by atoms with Crippen LogP contribution in [0.25, 0.3) is 0 Å². The number of allylic oxidation sites excluding steroid dienone is 1. The molecule has 2 atom stereocenters. The monoisotopic (exact) mass is 239 g/mol. The number of ether oxygens (including phenoxy) is 1. The minimum atomic E-state index is 0.0306. The Morgan fingerprint density at radius 1 is 1.47 bits per heavy atom. The van der Waals surface area contributed by atoms with Crippen molar-refractivity contribution in [2.24, 2.45) is 0 Å². The van der Waals surface area contributed by atoms with Crippen LogP contribution in [-0.4, -0.2) is 24.8 Å². The third kappa shape index (κ3) is 4.81. The van der Waals surface area contributed by atoms with E-state index < -0.39 is 0 Å². The molecule has 0 aromatic rings. The summed E-state index contributed by atoms with van der Waals surface area (Å²) in [5.41, 5.74) is 1.30. The lowest BCUT2D eigenvalue weighted by atomic mass is 9.85. The van der Waals surface area contributed by atoms with Crippen molar-refractivity contribution in [1.29, 1.82) is 0 Å². The molecule has 1 saturated heterocycles. The molecule has 0 saturated carbocycles. The summed E-state index contributed by atoms with van der Waals surface area (Å²) >= 11 is 0. The van der Waals surface area contributed by atoms with E-state index in [0.717, 1.165) is 26.0 Å². The second-order valence-electron chi connectivity index (χ2n) is 5.62. The summed E-state index contributed by atoms with van der Waals surface area (Å²) in [5, 5.41) is 3.67. The van der Waals surface area contributed by atoms with Crippen molar-refractivity contribution < 1.29 is 4.74 Å². The Morgan fingerprint density at radius 2 is 2.24 bits per heavy atom. The van der Waals surface area contributed by atoms with Gasteiger partial charge in [0, 0.05) is 12.6 Å². The highest BCUT2D eigenvalue weighted by Crippen LogP contribution is 2.30. The quantitative estimate of drug-likeness (QED) is 0.684. The van der Waals surface area contributed by atoms with Gasteiger partial charge in [0.15, 0.2) is 0 Å². The van der Waals surface area contributed by atoms with Gasteiger partial charge in [-0.2, -0.15) is 0 Å². The van der Waals surface area contributed by atoms with Crippen molar-refractivity contribution in [3.63, 3.8) is 0 Å². The highest BCUT2D eigenvalue weighted by molar-refractivity contribution is 4.96. The van der Waals surface area contributed by atoms with Crippen LogP contribution in [0.4, 0.5) is 0 Å². The maximum atomic E-state index is 6.06. The van der Waals surface area contributed by atoms with E-state index in [2.05, 4.69) is 32.7 Å². The molecule has 1 fully saturated rings. The predicted octanol–water partition coefficient (Wildman–Crippen LogP) is 3.67. The second-order valence-corrected chi connectivity index (χ2v) is 5.62. The molecule has 2 unspecified atom stereocenters. The van der Waals surface area contributed by atoms with Gasteiger partial charge in [-0.05, 0) is 58.9 Å². The Hall–Kier alpha value is -0.340. The lowest BCUT2D eigenvalue weighted by Gasteiger charge is -2.41. The van der Waals surface area contributed by atoms with Gasteiger partial charge in [0.05, 0.1) is 5.60 Å². The van der Waals surface area contributed by atoms with Crippen molar-refractivity contribution in [2.75, 3.05) is 13.2 Å². The highest BCUT2D eigenvalue weighted by atomic mass is 16.5. The maximum Gasteiger partial charge on any atom is 0.0806 e. The molecule has 0 radical (unpaired) electrons. The first-order valence-electron chi connectivity index (χ1n) is 7.10. The van der Waals surface area contributed by atoms with Crippen LogP contribution < -0.4 is 5.32 Å². The van der Waals surface area contributed by atoms with Gasteiger partial charge in [0.1, 0.15) is 0 Å². The topological polar surface area (TPSA) is 21.3 Å². The Labute approximate surface area is 107 Å². The van der Waals surface area contributed by atoms with Gasteiger partial charge < -0.3 is 10.1 Å². The molecular weight excluding hydrogens is 210 g/mol. The molecule has 1 aliphatic rings. The molecule has 0 aromatic carbocycles. The average Bonchev–Trinajstić information content (AvgIpc) is 2.29. The number of nitrogens with one attached hydrogen (secondary N) is 1. The second kappa shape index (κ2) is 7.17. The van der Waals surface area contributed by atoms with Crippen LogP contribution in [0.1, 0.15) is 59.3 Å². The summed E-state index contributed by atoms with van der Waals surface area (Å²) < 4.78 is 6.06. The average molecular weight is 239 g/mol. The Morgan fingerprint density at radius 3 is 2.76 bits per heavy atom. The molecule has 1 heterocycles. The van der Waals surface area contributed by atoms with E-state index in [1.807, 2.05) is 0 Å². The zero-order valence-corrected chi connectivity index (χ0v) is 11.8. The molecule has 17 heavy (non-hydrogen) atoms. The first-order chi connectivity index (χ1) is 8.08. The highest BCUT2D eigenvalue weighted by Gasteiger charge is 2.35. The molecule has 2 heteroatoms. The van der Waals surface area contributed by atoms with Crippen LogP contribution in [0.2, 0.25) is 0 Å². The minimum Gasteiger partial charge on any atom is -0.374 e. The minimum absolute atomic E-state index is 0.0306. The van der Waals surface area contributed by atoms with Crippen molar-refractivity contribution in [1.82, 2.24) is 5.32 Å². The predicted molar refractivity (Wildman–Crippen MR) is 74.3 cm³/mol. The van der Waals surface area contributed by atoms with Gasteiger partial charge in [-0.3, -0.25) is 0 Å². The third-order valence-electron chi connectivity index (χ3n) is 3.74. The number of rotatable bonds is 7. The molecule has 0 amide bonds. The van der Waals surface area contributed by atoms with Crippen LogP contribution >= 0.6 is 0 Å². The molecule has 2 nitrogen and oxygen atoms in total. The van der Waals surface area contributed by atoms with Crippen molar-refractivity contribution >= 4 is 0 Å². The SMILES string of the molecule is C=C(C)CCC(NCCC)C1(C)CCCCO1. The summed E-state index contributed by atoms with van der Waals surface area (Å²) in [6.45, 7) is 12.6. The van der Waals surface area contributed by atoms with Gasteiger partial charge in [0.2, 0.25) is 0 Å². The van der Waals surface area contributed by atoms with E-state index in [1.165, 1.54) is 31.3 Å². The van der Waals surface area contributed by atoms with Gasteiger partial charge in [-0.25, -0.2) is 0 Å². The third-order valence-corrected chi connectivity index (χ3v) is 3.74. The normalized spacial score (nSPS) is 26.8. The Bertz CT molecular complexity index is 231. The summed E-state index contributed by atoms with van der Waals surface area (Å²) in [4.78, 5) is 0. The van der Waals surface area contributed by atoms with Gasteiger partial charge in [-0.1, -0.05) is 12.5 Å². The van der Waals surface area contributed by atoms with Crippen LogP contribution in [-0.2, 0) is 4.74 Å². The zero-order valence-electron chi connectivity index (χ0n) is 11.8. The van der Waals surface area contributed by atoms with E-state index >= 15 is 0 Å². The lowest BCUT2D eigenvalue weighted by molar-refractivity contribution is -0.0898. The van der Waals surface area contributed by atoms with Crippen molar-refractivity contribution in [2.45, 2.75) is 70.9 Å². The van der Waals surface area contributed by atoms with E-state index in [9.17, 15) is 0 Å². The molecule has 0 aromatic heterocycles. The smallest absolute Gasteiger partial charge is 0.0806 e. The van der Waals surface area contributed by atoms with Gasteiger partial charge in [-0.15, -0.1) is 6.58 Å². The van der Waals surface area contributed by atoms with Crippen molar-refractivity contribution in [3.05, 3.63) is 12.2 Å². The Kier molecular flexibility index (Phi) is 6.21. The fourth-order valence-electron chi connectivity index (χ4n) is 2.56. The molecule has 100 valence electrons. The maximum absolute atomic E-state index is 6.06. The number of hydrogen-bond donors (Lipinski definition) is 1. The van der Waals surface area contributed by atoms with E-state index in [-0.39, 0.29) is 5.60 Å². The molecule has 0 aliphatic carbocycles. The summed E-state index contributed by atoms with van der Waals surface area (Å²) in [6, 6.07) is 0.472. The molecule has 0 bridgehead atoms. The molecule has 1 aliphatic heterocycles. The lowest BCUT2D eigenvalue weighted by Crippen LogP contribution is -2.52. The largest absolute Gasteiger partial charge is 0.374 e. The first-order valence-corrected chi connectivity index (χ1v) is 7.10. The van der Waals surface area contributed by atoms with E-state index in [1.54, 1.807) is 0 Å². The standard InChI is InChI=1S/C15H29NO/c1-5-11-16-14(9-8-13(2)3)15(4)10-6-7-12-17-15/h14,16H,2,5-12H2,1,3-4H3. The van der Waals surface area contributed by atoms with Crippen LogP contribution in [0.5, 0.6) is 0 Å². The van der Waals surface area contributed by atoms with Crippen LogP contribution in [0, 0.1) is 0 Å². The van der Waals surface area contributed by atoms with Gasteiger partial charge >= 0.3 is 0 Å². The fraction of sp³-hybridized carbons (Fsp3) is 0.867. The zero-order chi connectivity index (χ0) is 12.7. The van der Waals surface area contributed by atoms with Gasteiger partial charge in [0.25, 0.3) is 0 Å². The summed E-state index contributed by atoms with van der Waals surface area (Å²) in [7, 11) is 0. The van der Waals surface area contributed by atoms with Crippen LogP contribution in [0.15, 0.2) is 12.2 Å². The Balaban J connectivity index is 2.55. The van der Waals surface area contributed by atoms with E-state index in [0.29, 0.717) is 6.04 Å². The summed E-state index contributed by atoms with van der Waals surface area (Å²) in [5.74, 6) is 0. The fourth-order valence-corrected chi connectivity index (χ4v) is 2.56. The van der Waals surface area contributed by atoms with Crippen molar-refractivity contribution in [3.8, 4) is 0 Å². The molecule has 1 rings (SSSR count). The molecular formula is C15H29NO. The first kappa shape index (κ1) is 14.7.